The molecular formula is C39H58N6O12. The van der Waals surface area contributed by atoms with Crippen molar-refractivity contribution in [2.45, 2.75) is 115 Å². The summed E-state index contributed by atoms with van der Waals surface area (Å²) in [4.78, 5) is 106. The third-order valence-electron chi connectivity index (χ3n) is 10.1. The van der Waals surface area contributed by atoms with Crippen LogP contribution in [0.2, 0.25) is 0 Å². The highest BCUT2D eigenvalue weighted by Crippen LogP contribution is 2.30. The SMILES string of the molecule is CCCCC(NC(=O)CNC(=O)C(=O)C(CCC)NC(=O)C1CC(OCOCCOC)CN1C(=O)C(NC(=O)c1cccc(C(=O)O)c1)C1CCCCC1)C(N)=O. The lowest BCUT2D eigenvalue weighted by Gasteiger charge is -2.35. The first-order chi connectivity index (χ1) is 27.3. The number of rotatable bonds is 24. The second-order valence-corrected chi connectivity index (χ2v) is 14.3. The van der Waals surface area contributed by atoms with E-state index in [4.69, 9.17) is 19.9 Å². The van der Waals surface area contributed by atoms with Crippen LogP contribution in [0.1, 0.15) is 105 Å². The number of carboxylic acids is 1. The Morgan fingerprint density at radius 3 is 2.28 bits per heavy atom. The minimum absolute atomic E-state index is 0.00959. The normalized spacial score (nSPS) is 18.5. The van der Waals surface area contributed by atoms with Gasteiger partial charge in [-0.1, -0.05) is 58.4 Å². The number of primary amides is 1. The number of nitrogens with zero attached hydrogens (tertiary/aromatic N) is 1. The highest BCUT2D eigenvalue weighted by Gasteiger charge is 2.45. The summed E-state index contributed by atoms with van der Waals surface area (Å²) < 4.78 is 16.3. The number of benzene rings is 1. The Morgan fingerprint density at radius 2 is 1.63 bits per heavy atom. The molecule has 1 heterocycles. The van der Waals surface area contributed by atoms with Crippen molar-refractivity contribution in [2.24, 2.45) is 11.7 Å². The van der Waals surface area contributed by atoms with Gasteiger partial charge in [-0.05, 0) is 49.8 Å². The standard InChI is InChI=1S/C39H58N6O12/c1-4-6-16-29(34(40)48)42-31(46)21-41-37(51)33(47)28(11-5-2)43-36(50)30-20-27(57-23-56-18-17-55-3)22-45(30)38(52)32(24-12-8-7-9-13-24)44-35(49)25-14-10-15-26(19-25)39(53)54/h10,14-15,19,24,27-30,32H,4-9,11-13,16-18,20-23H2,1-3H3,(H2,40,48)(H,41,51)(H,42,46)(H,43,50)(H,44,49)(H,53,54). The Labute approximate surface area is 332 Å². The number of carboxylic acid groups (broad SMARTS) is 1. The average molecular weight is 803 g/mol. The summed E-state index contributed by atoms with van der Waals surface area (Å²) in [5.41, 5.74) is 5.33. The zero-order valence-corrected chi connectivity index (χ0v) is 33.0. The Bertz CT molecular complexity index is 1570. The van der Waals surface area contributed by atoms with E-state index in [1.807, 2.05) is 6.92 Å². The third-order valence-corrected chi connectivity index (χ3v) is 10.1. The van der Waals surface area contributed by atoms with Crippen LogP contribution in [0.15, 0.2) is 24.3 Å². The second-order valence-electron chi connectivity index (χ2n) is 14.3. The number of likely N-dealkylation sites (tertiary alicyclic amines) is 1. The molecule has 3 rings (SSSR count). The maximum Gasteiger partial charge on any atom is 0.335 e. The van der Waals surface area contributed by atoms with Gasteiger partial charge in [0.05, 0.1) is 37.5 Å². The van der Waals surface area contributed by atoms with E-state index in [0.29, 0.717) is 38.7 Å². The average Bonchev–Trinajstić information content (AvgIpc) is 3.64. The summed E-state index contributed by atoms with van der Waals surface area (Å²) >= 11 is 0. The van der Waals surface area contributed by atoms with Crippen LogP contribution in [0.25, 0.3) is 0 Å². The van der Waals surface area contributed by atoms with E-state index in [2.05, 4.69) is 21.3 Å². The van der Waals surface area contributed by atoms with Crippen molar-refractivity contribution in [2.75, 3.05) is 40.2 Å². The van der Waals surface area contributed by atoms with Gasteiger partial charge in [0.25, 0.3) is 11.8 Å². The number of amides is 6. The van der Waals surface area contributed by atoms with Gasteiger partial charge in [-0.25, -0.2) is 4.79 Å². The zero-order valence-electron chi connectivity index (χ0n) is 33.0. The predicted molar refractivity (Wildman–Crippen MR) is 204 cm³/mol. The van der Waals surface area contributed by atoms with Crippen molar-refractivity contribution in [3.63, 3.8) is 0 Å². The van der Waals surface area contributed by atoms with Crippen LogP contribution in [-0.4, -0.2) is 128 Å². The van der Waals surface area contributed by atoms with Crippen molar-refractivity contribution < 1.29 is 57.7 Å². The molecule has 1 aromatic carbocycles. The number of carbonyl (C=O) groups is 8. The van der Waals surface area contributed by atoms with Crippen LogP contribution in [0.5, 0.6) is 0 Å². The second kappa shape index (κ2) is 24.0. The Balaban J connectivity index is 1.81. The van der Waals surface area contributed by atoms with Crippen molar-refractivity contribution in [3.05, 3.63) is 35.4 Å². The number of hydrogen-bond acceptors (Lipinski definition) is 11. The molecule has 2 fully saturated rings. The summed E-state index contributed by atoms with van der Waals surface area (Å²) in [6, 6.07) is 0.967. The molecule has 1 aromatic rings. The number of aromatic carboxylic acids is 1. The van der Waals surface area contributed by atoms with Crippen LogP contribution >= 0.6 is 0 Å². The van der Waals surface area contributed by atoms with E-state index in [1.165, 1.54) is 36.3 Å². The fraction of sp³-hybridized carbons (Fsp3) is 0.641. The van der Waals surface area contributed by atoms with E-state index in [0.717, 1.165) is 25.7 Å². The summed E-state index contributed by atoms with van der Waals surface area (Å²) in [6.07, 6.45) is 5.36. The quantitative estimate of drug-likeness (QED) is 0.0482. The van der Waals surface area contributed by atoms with Gasteiger partial charge in [0.1, 0.15) is 24.9 Å². The van der Waals surface area contributed by atoms with Crippen LogP contribution in [0, 0.1) is 5.92 Å². The zero-order chi connectivity index (χ0) is 41.9. The van der Waals surface area contributed by atoms with Gasteiger partial charge in [-0.2, -0.15) is 0 Å². The molecule has 18 nitrogen and oxygen atoms in total. The van der Waals surface area contributed by atoms with Gasteiger partial charge in [0, 0.05) is 25.6 Å². The van der Waals surface area contributed by atoms with Gasteiger partial charge in [0.2, 0.25) is 29.4 Å². The molecule has 57 heavy (non-hydrogen) atoms. The monoisotopic (exact) mass is 802 g/mol. The molecular weight excluding hydrogens is 744 g/mol. The number of nitrogens with one attached hydrogen (secondary N) is 4. The number of Topliss-reactive ketones (excluding diaryl/α,β-unsaturated/α-hetero) is 1. The maximum absolute atomic E-state index is 14.6. The number of carbonyl (C=O) groups excluding carboxylic acids is 7. The van der Waals surface area contributed by atoms with Gasteiger partial charge in [-0.15, -0.1) is 0 Å². The van der Waals surface area contributed by atoms with Crippen LogP contribution in [0.4, 0.5) is 0 Å². The summed E-state index contributed by atoms with van der Waals surface area (Å²) in [5.74, 6) is -7.02. The topological polar surface area (TPSA) is 262 Å². The molecule has 5 unspecified atom stereocenters. The molecule has 6 amide bonds. The van der Waals surface area contributed by atoms with Crippen molar-refractivity contribution in [1.82, 2.24) is 26.2 Å². The number of unbranched alkanes of at least 4 members (excludes halogenated alkanes) is 1. The lowest BCUT2D eigenvalue weighted by molar-refractivity contribution is -0.143. The van der Waals surface area contributed by atoms with Crippen LogP contribution < -0.4 is 27.0 Å². The fourth-order valence-electron chi connectivity index (χ4n) is 6.97. The first-order valence-electron chi connectivity index (χ1n) is 19.6. The third kappa shape index (κ3) is 14.5. The number of hydrogen-bond donors (Lipinski definition) is 6. The summed E-state index contributed by atoms with van der Waals surface area (Å²) in [7, 11) is 1.52. The van der Waals surface area contributed by atoms with Crippen LogP contribution in [-0.2, 0) is 43.0 Å². The fourth-order valence-corrected chi connectivity index (χ4v) is 6.97. The Hall–Kier alpha value is -4.94. The van der Waals surface area contributed by atoms with Gasteiger partial charge in [-0.3, -0.25) is 33.6 Å². The Morgan fingerprint density at radius 1 is 0.912 bits per heavy atom. The van der Waals surface area contributed by atoms with E-state index < -0.39 is 84.0 Å². The minimum atomic E-state index is -1.31. The molecule has 5 atom stereocenters. The smallest absolute Gasteiger partial charge is 0.335 e. The van der Waals surface area contributed by atoms with Gasteiger partial charge >= 0.3 is 5.97 Å². The molecule has 7 N–H and O–H groups in total. The Kier molecular flexibility index (Phi) is 19.5. The van der Waals surface area contributed by atoms with E-state index >= 15 is 0 Å². The maximum atomic E-state index is 14.6. The highest BCUT2D eigenvalue weighted by atomic mass is 16.7. The summed E-state index contributed by atoms with van der Waals surface area (Å²) in [5, 5.41) is 19.6. The number of nitrogens with two attached hydrogens (primary N) is 1. The molecule has 0 radical (unpaired) electrons. The van der Waals surface area contributed by atoms with Gasteiger partial charge < -0.3 is 51.2 Å². The van der Waals surface area contributed by atoms with Gasteiger partial charge in [0.15, 0.2) is 0 Å². The molecule has 1 aliphatic heterocycles. The molecule has 0 spiro atoms. The van der Waals surface area contributed by atoms with Crippen molar-refractivity contribution in [1.29, 1.82) is 0 Å². The largest absolute Gasteiger partial charge is 0.478 e. The molecule has 0 bridgehead atoms. The molecule has 316 valence electrons. The molecule has 1 saturated heterocycles. The number of ketones is 1. The van der Waals surface area contributed by atoms with E-state index in [1.54, 1.807) is 6.92 Å². The molecule has 1 aliphatic carbocycles. The molecule has 18 heteroatoms. The highest BCUT2D eigenvalue weighted by molar-refractivity contribution is 6.38. The van der Waals surface area contributed by atoms with Crippen molar-refractivity contribution >= 4 is 47.2 Å². The lowest BCUT2D eigenvalue weighted by Crippen LogP contribution is -2.58. The minimum Gasteiger partial charge on any atom is -0.478 e. The first kappa shape index (κ1) is 46.4. The van der Waals surface area contributed by atoms with Crippen molar-refractivity contribution in [3.8, 4) is 0 Å². The molecule has 0 aromatic heterocycles. The number of methoxy groups -OCH3 is 1. The van der Waals surface area contributed by atoms with Crippen LogP contribution in [0.3, 0.4) is 0 Å². The molecule has 2 aliphatic rings. The lowest BCUT2D eigenvalue weighted by atomic mass is 9.83. The number of ether oxygens (including phenoxy) is 3. The first-order valence-corrected chi connectivity index (χ1v) is 19.6. The van der Waals surface area contributed by atoms with E-state index in [-0.39, 0.29) is 49.8 Å². The molecule has 1 saturated carbocycles. The predicted octanol–water partition coefficient (Wildman–Crippen LogP) is 0.801. The summed E-state index contributed by atoms with van der Waals surface area (Å²) in [6.45, 7) is 3.40. The van der Waals surface area contributed by atoms with E-state index in [9.17, 15) is 43.5 Å².